The number of halogens is 1. The molecular formula is C18H19ClN2O4S2. The van der Waals surface area contributed by atoms with Gasteiger partial charge in [-0.3, -0.25) is 9.59 Å². The summed E-state index contributed by atoms with van der Waals surface area (Å²) in [5.41, 5.74) is 0.593. The van der Waals surface area contributed by atoms with Gasteiger partial charge in [0.15, 0.2) is 5.78 Å². The lowest BCUT2D eigenvalue weighted by atomic mass is 10.1. The molecule has 1 aliphatic heterocycles. The molecule has 0 saturated carbocycles. The second-order valence-corrected chi connectivity index (χ2v) is 10.0. The summed E-state index contributed by atoms with van der Waals surface area (Å²) in [6, 6.07) is 11.9. The third kappa shape index (κ3) is 4.76. The molecule has 0 unspecified atom stereocenters. The van der Waals surface area contributed by atoms with Crippen molar-refractivity contribution in [2.45, 2.75) is 17.1 Å². The van der Waals surface area contributed by atoms with E-state index in [1.807, 2.05) is 6.07 Å². The Labute approximate surface area is 167 Å². The largest absolute Gasteiger partial charge is 0.340 e. The van der Waals surface area contributed by atoms with Crippen molar-refractivity contribution in [3.8, 4) is 0 Å². The van der Waals surface area contributed by atoms with E-state index in [1.165, 1.54) is 10.4 Å². The molecule has 1 aromatic heterocycles. The highest BCUT2D eigenvalue weighted by molar-refractivity contribution is 7.91. The number of carbonyl (C=O) groups is 2. The number of sulfonamides is 1. The molecule has 0 atom stereocenters. The number of nitrogens with zero attached hydrogens (tertiary/aromatic N) is 2. The number of rotatable bonds is 6. The predicted molar refractivity (Wildman–Crippen MR) is 105 cm³/mol. The highest BCUT2D eigenvalue weighted by Crippen LogP contribution is 2.28. The lowest BCUT2D eigenvalue weighted by Gasteiger charge is -2.33. The van der Waals surface area contributed by atoms with Crippen LogP contribution >= 0.6 is 22.9 Å². The van der Waals surface area contributed by atoms with Crippen molar-refractivity contribution >= 4 is 44.7 Å². The Hall–Kier alpha value is -1.74. The van der Waals surface area contributed by atoms with Crippen molar-refractivity contribution in [3.63, 3.8) is 0 Å². The molecule has 0 bridgehead atoms. The summed E-state index contributed by atoms with van der Waals surface area (Å²) >= 11 is 6.85. The molecule has 1 aliphatic rings. The Morgan fingerprint density at radius 1 is 0.963 bits per heavy atom. The number of amides is 1. The Kier molecular flexibility index (Phi) is 6.31. The molecule has 1 aromatic carbocycles. The fourth-order valence-corrected chi connectivity index (χ4v) is 5.95. The fourth-order valence-electron chi connectivity index (χ4n) is 2.89. The maximum atomic E-state index is 12.6. The zero-order valence-corrected chi connectivity index (χ0v) is 16.9. The first-order valence-electron chi connectivity index (χ1n) is 8.49. The van der Waals surface area contributed by atoms with Gasteiger partial charge in [-0.2, -0.15) is 4.31 Å². The smallest absolute Gasteiger partial charge is 0.252 e. The third-order valence-electron chi connectivity index (χ3n) is 4.40. The van der Waals surface area contributed by atoms with Crippen molar-refractivity contribution < 1.29 is 18.0 Å². The van der Waals surface area contributed by atoms with Crippen LogP contribution in [-0.4, -0.2) is 55.5 Å². The van der Waals surface area contributed by atoms with Gasteiger partial charge in [-0.25, -0.2) is 8.42 Å². The summed E-state index contributed by atoms with van der Waals surface area (Å²) in [5, 5.41) is 0. The summed E-state index contributed by atoms with van der Waals surface area (Å²) in [5.74, 6) is -0.199. The number of Topliss-reactive ketones (excluding diaryl/α,β-unsaturated/α-hetero) is 1. The molecule has 9 heteroatoms. The van der Waals surface area contributed by atoms with Crippen molar-refractivity contribution in [2.24, 2.45) is 0 Å². The van der Waals surface area contributed by atoms with Gasteiger partial charge >= 0.3 is 0 Å². The molecule has 2 heterocycles. The molecule has 0 N–H and O–H groups in total. The van der Waals surface area contributed by atoms with Gasteiger partial charge < -0.3 is 4.90 Å². The molecule has 0 spiro atoms. The van der Waals surface area contributed by atoms with Crippen LogP contribution in [0.1, 0.15) is 23.2 Å². The van der Waals surface area contributed by atoms with Gasteiger partial charge in [0.2, 0.25) is 5.91 Å². The van der Waals surface area contributed by atoms with Gasteiger partial charge in [0.05, 0.1) is 4.34 Å². The summed E-state index contributed by atoms with van der Waals surface area (Å²) in [7, 11) is -3.58. The summed E-state index contributed by atoms with van der Waals surface area (Å²) in [6.07, 6.45) is 0.274. The van der Waals surface area contributed by atoms with Crippen LogP contribution in [-0.2, 0) is 14.8 Å². The van der Waals surface area contributed by atoms with E-state index in [9.17, 15) is 18.0 Å². The molecular weight excluding hydrogens is 408 g/mol. The Morgan fingerprint density at radius 2 is 1.63 bits per heavy atom. The lowest BCUT2D eigenvalue weighted by molar-refractivity contribution is -0.132. The number of thiophene rings is 1. The molecule has 2 aromatic rings. The normalized spacial score (nSPS) is 15.7. The Bertz CT molecular complexity index is 920. The molecule has 0 aliphatic carbocycles. The number of piperazine rings is 1. The molecule has 1 fully saturated rings. The predicted octanol–water partition coefficient (Wildman–Crippen LogP) is 2.90. The van der Waals surface area contributed by atoms with Gasteiger partial charge in [0, 0.05) is 44.6 Å². The minimum Gasteiger partial charge on any atom is -0.340 e. The van der Waals surface area contributed by atoms with Crippen molar-refractivity contribution in [3.05, 3.63) is 52.4 Å². The quantitative estimate of drug-likeness (QED) is 0.665. The zero-order valence-electron chi connectivity index (χ0n) is 14.5. The molecule has 27 heavy (non-hydrogen) atoms. The molecule has 144 valence electrons. The van der Waals surface area contributed by atoms with Gasteiger partial charge in [0.1, 0.15) is 4.21 Å². The van der Waals surface area contributed by atoms with Crippen LogP contribution < -0.4 is 0 Å². The van der Waals surface area contributed by atoms with Crippen molar-refractivity contribution in [2.75, 3.05) is 26.2 Å². The summed E-state index contributed by atoms with van der Waals surface area (Å²) in [4.78, 5) is 26.1. The van der Waals surface area contributed by atoms with E-state index in [0.717, 1.165) is 11.3 Å². The van der Waals surface area contributed by atoms with Crippen LogP contribution in [0.25, 0.3) is 0 Å². The van der Waals surface area contributed by atoms with E-state index < -0.39 is 10.0 Å². The van der Waals surface area contributed by atoms with Crippen molar-refractivity contribution in [1.29, 1.82) is 0 Å². The second-order valence-electron chi connectivity index (χ2n) is 6.13. The topological polar surface area (TPSA) is 74.8 Å². The van der Waals surface area contributed by atoms with Gasteiger partial charge in [-0.05, 0) is 12.1 Å². The third-order valence-corrected chi connectivity index (χ3v) is 7.99. The lowest BCUT2D eigenvalue weighted by Crippen LogP contribution is -2.50. The van der Waals surface area contributed by atoms with E-state index >= 15 is 0 Å². The van der Waals surface area contributed by atoms with Crippen LogP contribution in [0, 0.1) is 0 Å². The number of carbonyl (C=O) groups excluding carboxylic acids is 2. The summed E-state index contributed by atoms with van der Waals surface area (Å²) < 4.78 is 27.2. The van der Waals surface area contributed by atoms with Crippen molar-refractivity contribution in [1.82, 2.24) is 9.21 Å². The minimum atomic E-state index is -3.58. The molecule has 1 amide bonds. The maximum Gasteiger partial charge on any atom is 0.252 e. The van der Waals surface area contributed by atoms with Crippen LogP contribution in [0.3, 0.4) is 0 Å². The Balaban J connectivity index is 1.51. The van der Waals surface area contributed by atoms with E-state index in [2.05, 4.69) is 0 Å². The number of ketones is 1. The minimum absolute atomic E-state index is 0.0697. The van der Waals surface area contributed by atoms with Crippen LogP contribution in [0.4, 0.5) is 0 Å². The first-order valence-corrected chi connectivity index (χ1v) is 11.1. The van der Waals surface area contributed by atoms with Gasteiger partial charge in [0.25, 0.3) is 10.0 Å². The first kappa shape index (κ1) is 20.0. The molecule has 0 radical (unpaired) electrons. The first-order chi connectivity index (χ1) is 12.9. The van der Waals surface area contributed by atoms with E-state index in [-0.39, 0.29) is 41.8 Å². The zero-order chi connectivity index (χ0) is 19.4. The van der Waals surface area contributed by atoms with Gasteiger partial charge in [-0.15, -0.1) is 11.3 Å². The highest BCUT2D eigenvalue weighted by Gasteiger charge is 2.31. The number of benzene rings is 1. The molecule has 3 rings (SSSR count). The highest BCUT2D eigenvalue weighted by atomic mass is 35.5. The average Bonchev–Trinajstić information content (AvgIpc) is 3.14. The fraction of sp³-hybridized carbons (Fsp3) is 0.333. The maximum absolute atomic E-state index is 12.6. The van der Waals surface area contributed by atoms with Gasteiger partial charge in [-0.1, -0.05) is 41.9 Å². The molecule has 6 nitrogen and oxygen atoms in total. The SMILES string of the molecule is O=C(CCC(=O)N1CCN(S(=O)(=O)c2ccc(Cl)s2)CC1)c1ccccc1. The second kappa shape index (κ2) is 8.52. The van der Waals surface area contributed by atoms with E-state index in [0.29, 0.717) is 23.0 Å². The standard InChI is InChI=1S/C18H19ClN2O4S2/c19-16-7-9-18(26-16)27(24,25)21-12-10-20(11-13-21)17(23)8-6-15(22)14-4-2-1-3-5-14/h1-5,7,9H,6,8,10-13H2. The number of hydrogen-bond acceptors (Lipinski definition) is 5. The van der Waals surface area contributed by atoms with E-state index in [4.69, 9.17) is 11.6 Å². The molecule has 1 saturated heterocycles. The van der Waals surface area contributed by atoms with Crippen LogP contribution in [0.5, 0.6) is 0 Å². The number of hydrogen-bond donors (Lipinski definition) is 0. The van der Waals surface area contributed by atoms with Crippen LogP contribution in [0.15, 0.2) is 46.7 Å². The average molecular weight is 427 g/mol. The monoisotopic (exact) mass is 426 g/mol. The summed E-state index contributed by atoms with van der Waals surface area (Å²) in [6.45, 7) is 1.10. The van der Waals surface area contributed by atoms with Crippen LogP contribution in [0.2, 0.25) is 4.34 Å². The van der Waals surface area contributed by atoms with E-state index in [1.54, 1.807) is 35.2 Å². The Morgan fingerprint density at radius 3 is 2.22 bits per heavy atom.